The monoisotopic (exact) mass is 430 g/mol. The molecule has 0 unspecified atom stereocenters. The van der Waals surface area contributed by atoms with Crippen molar-refractivity contribution in [3.8, 4) is 23.0 Å². The minimum absolute atomic E-state index is 0.237. The van der Waals surface area contributed by atoms with Crippen molar-refractivity contribution in [3.05, 3.63) is 72.9 Å². The second-order valence-corrected chi connectivity index (χ2v) is 9.07. The Morgan fingerprint density at radius 1 is 0.903 bits per heavy atom. The molecule has 8 heteroatoms. The lowest BCUT2D eigenvalue weighted by atomic mass is 10.1. The molecule has 5 aromatic rings. The average molecular weight is 430 g/mol. The topological polar surface area (TPSA) is 87.0 Å². The van der Waals surface area contributed by atoms with Crippen LogP contribution in [0.5, 0.6) is 5.75 Å². The fraction of sp³-hybridized carbons (Fsp3) is 0.0870. The van der Waals surface area contributed by atoms with Crippen LogP contribution in [0.4, 0.5) is 0 Å². The third kappa shape index (κ3) is 3.40. The van der Waals surface area contributed by atoms with Gasteiger partial charge in [0.05, 0.1) is 18.1 Å². The minimum Gasteiger partial charge on any atom is -0.497 e. The molecule has 0 amide bonds. The fourth-order valence-corrected chi connectivity index (χ4v) is 4.08. The van der Waals surface area contributed by atoms with Gasteiger partial charge in [-0.2, -0.15) is 0 Å². The summed E-state index contributed by atoms with van der Waals surface area (Å²) in [5.41, 5.74) is 2.37. The Morgan fingerprint density at radius 3 is 2.48 bits per heavy atom. The first-order valence-corrected chi connectivity index (χ1v) is 11.4. The lowest BCUT2D eigenvalue weighted by Crippen LogP contribution is -2.08. The molecule has 7 nitrogen and oxygen atoms in total. The molecular formula is C23H18N4O3S. The van der Waals surface area contributed by atoms with E-state index in [0.717, 1.165) is 33.6 Å². The minimum atomic E-state index is -3.57. The number of fused-ring (bicyclic) bond motifs is 2. The van der Waals surface area contributed by atoms with E-state index in [9.17, 15) is 8.42 Å². The maximum atomic E-state index is 12.1. The van der Waals surface area contributed by atoms with Gasteiger partial charge in [-0.15, -0.1) is 0 Å². The standard InChI is InChI=1S/C23H18N4O3S/c1-30-18-9-10-19-20(14-18)27(21-11-12-24-23(26-21)31(2,28)29)22(25-19)17-8-7-15-5-3-4-6-16(15)13-17/h3-14H,1-2H3. The largest absolute Gasteiger partial charge is 0.497 e. The SMILES string of the molecule is COc1ccc2nc(-c3ccc4ccccc4c3)n(-c3ccnc(S(C)(=O)=O)n3)c2c1. The van der Waals surface area contributed by atoms with Crippen LogP contribution >= 0.6 is 0 Å². The quantitative estimate of drug-likeness (QED) is 0.400. The Labute approximate surface area is 178 Å². The third-order valence-electron chi connectivity index (χ3n) is 5.05. The smallest absolute Gasteiger partial charge is 0.248 e. The van der Waals surface area contributed by atoms with Crippen LogP contribution in [0, 0.1) is 0 Å². The van der Waals surface area contributed by atoms with Crippen LogP contribution in [0.15, 0.2) is 78.1 Å². The van der Waals surface area contributed by atoms with Gasteiger partial charge in [-0.1, -0.05) is 36.4 Å². The predicted molar refractivity (Wildman–Crippen MR) is 119 cm³/mol. The highest BCUT2D eigenvalue weighted by molar-refractivity contribution is 7.90. The number of aromatic nitrogens is 4. The van der Waals surface area contributed by atoms with E-state index in [1.54, 1.807) is 13.2 Å². The molecular weight excluding hydrogens is 412 g/mol. The maximum Gasteiger partial charge on any atom is 0.248 e. The van der Waals surface area contributed by atoms with Crippen LogP contribution in [0.2, 0.25) is 0 Å². The molecule has 0 aliphatic carbocycles. The number of sulfone groups is 1. The van der Waals surface area contributed by atoms with E-state index in [4.69, 9.17) is 9.72 Å². The second-order valence-electron chi connectivity index (χ2n) is 7.16. The van der Waals surface area contributed by atoms with E-state index in [0.29, 0.717) is 17.4 Å². The van der Waals surface area contributed by atoms with Crippen molar-refractivity contribution >= 4 is 31.6 Å². The van der Waals surface area contributed by atoms with Gasteiger partial charge < -0.3 is 4.74 Å². The first-order valence-electron chi connectivity index (χ1n) is 9.53. The van der Waals surface area contributed by atoms with Crippen molar-refractivity contribution in [1.82, 2.24) is 19.5 Å². The summed E-state index contributed by atoms with van der Waals surface area (Å²) in [4.78, 5) is 13.1. The second kappa shape index (κ2) is 7.17. The van der Waals surface area contributed by atoms with Crippen LogP contribution < -0.4 is 4.74 Å². The number of hydrogen-bond donors (Lipinski definition) is 0. The molecule has 0 bridgehead atoms. The van der Waals surface area contributed by atoms with Gasteiger partial charge in [-0.3, -0.25) is 4.57 Å². The number of methoxy groups -OCH3 is 1. The molecule has 0 N–H and O–H groups in total. The van der Waals surface area contributed by atoms with Crippen LogP contribution in [-0.4, -0.2) is 41.3 Å². The van der Waals surface area contributed by atoms with Gasteiger partial charge in [-0.25, -0.2) is 23.4 Å². The summed E-state index contributed by atoms with van der Waals surface area (Å²) in [6, 6.07) is 21.4. The van der Waals surface area contributed by atoms with Crippen molar-refractivity contribution in [1.29, 1.82) is 0 Å². The molecule has 5 rings (SSSR count). The molecule has 0 saturated carbocycles. The Morgan fingerprint density at radius 2 is 1.71 bits per heavy atom. The van der Waals surface area contributed by atoms with E-state index >= 15 is 0 Å². The van der Waals surface area contributed by atoms with Crippen molar-refractivity contribution in [2.24, 2.45) is 0 Å². The molecule has 0 spiro atoms. The van der Waals surface area contributed by atoms with Gasteiger partial charge >= 0.3 is 0 Å². The lowest BCUT2D eigenvalue weighted by Gasteiger charge is -2.10. The molecule has 3 aromatic carbocycles. The predicted octanol–water partition coefficient (Wildman–Crippen LogP) is 4.05. The van der Waals surface area contributed by atoms with Gasteiger partial charge in [0, 0.05) is 24.1 Å². The summed E-state index contributed by atoms with van der Waals surface area (Å²) in [5.74, 6) is 1.72. The maximum absolute atomic E-state index is 12.1. The molecule has 0 radical (unpaired) electrons. The van der Waals surface area contributed by atoms with Crippen molar-refractivity contribution in [2.45, 2.75) is 5.16 Å². The molecule has 2 heterocycles. The van der Waals surface area contributed by atoms with E-state index in [1.807, 2.05) is 53.1 Å². The normalized spacial score (nSPS) is 11.8. The molecule has 31 heavy (non-hydrogen) atoms. The third-order valence-corrected chi connectivity index (χ3v) is 5.91. The van der Waals surface area contributed by atoms with Gasteiger partial charge in [0.15, 0.2) is 0 Å². The van der Waals surface area contributed by atoms with Crippen LogP contribution in [0.25, 0.3) is 39.0 Å². The first-order chi connectivity index (χ1) is 14.9. The van der Waals surface area contributed by atoms with Crippen molar-refractivity contribution < 1.29 is 13.2 Å². The highest BCUT2D eigenvalue weighted by Gasteiger charge is 2.19. The average Bonchev–Trinajstić information content (AvgIpc) is 3.17. The fourth-order valence-electron chi connectivity index (χ4n) is 3.57. The zero-order valence-electron chi connectivity index (χ0n) is 16.9. The number of nitrogens with zero attached hydrogens (tertiary/aromatic N) is 4. The number of rotatable bonds is 4. The molecule has 0 saturated heterocycles. The Kier molecular flexibility index (Phi) is 4.44. The van der Waals surface area contributed by atoms with E-state index in [1.165, 1.54) is 6.20 Å². The van der Waals surface area contributed by atoms with Crippen LogP contribution in [0.3, 0.4) is 0 Å². The molecule has 0 aliphatic heterocycles. The van der Waals surface area contributed by atoms with Gasteiger partial charge in [0.25, 0.3) is 0 Å². The van der Waals surface area contributed by atoms with Crippen molar-refractivity contribution in [2.75, 3.05) is 13.4 Å². The van der Waals surface area contributed by atoms with E-state index < -0.39 is 9.84 Å². The van der Waals surface area contributed by atoms with E-state index in [2.05, 4.69) is 22.1 Å². The number of hydrogen-bond acceptors (Lipinski definition) is 6. The highest BCUT2D eigenvalue weighted by Crippen LogP contribution is 2.31. The Balaban J connectivity index is 1.83. The van der Waals surface area contributed by atoms with Crippen LogP contribution in [-0.2, 0) is 9.84 Å². The summed E-state index contributed by atoms with van der Waals surface area (Å²) in [6.45, 7) is 0. The zero-order valence-corrected chi connectivity index (χ0v) is 17.7. The van der Waals surface area contributed by atoms with E-state index in [-0.39, 0.29) is 5.16 Å². The van der Waals surface area contributed by atoms with Gasteiger partial charge in [0.2, 0.25) is 15.0 Å². The molecule has 154 valence electrons. The molecule has 0 aliphatic rings. The highest BCUT2D eigenvalue weighted by atomic mass is 32.2. The summed E-state index contributed by atoms with van der Waals surface area (Å²) < 4.78 is 31.3. The number of benzene rings is 3. The summed E-state index contributed by atoms with van der Waals surface area (Å²) in [7, 11) is -1.97. The van der Waals surface area contributed by atoms with Gasteiger partial charge in [-0.05, 0) is 35.0 Å². The van der Waals surface area contributed by atoms with Crippen molar-refractivity contribution in [3.63, 3.8) is 0 Å². The molecule has 0 fully saturated rings. The van der Waals surface area contributed by atoms with Gasteiger partial charge in [0.1, 0.15) is 17.4 Å². The summed E-state index contributed by atoms with van der Waals surface area (Å²) in [6.07, 6.45) is 2.53. The zero-order chi connectivity index (χ0) is 21.6. The number of imidazole rings is 1. The Bertz CT molecular complexity index is 1560. The number of ether oxygens (including phenoxy) is 1. The lowest BCUT2D eigenvalue weighted by molar-refractivity contribution is 0.415. The summed E-state index contributed by atoms with van der Waals surface area (Å²) in [5, 5.41) is 1.96. The molecule has 2 aromatic heterocycles. The first kappa shape index (κ1) is 19.2. The Hall–Kier alpha value is -3.78. The van der Waals surface area contributed by atoms with Crippen LogP contribution in [0.1, 0.15) is 0 Å². The summed E-state index contributed by atoms with van der Waals surface area (Å²) >= 11 is 0. The molecule has 0 atom stereocenters.